The minimum Gasteiger partial charge on any atom is -0.463 e. The number of carbonyl (C=O) groups is 2. The van der Waals surface area contributed by atoms with Gasteiger partial charge in [-0.05, 0) is 54.8 Å². The summed E-state index contributed by atoms with van der Waals surface area (Å²) in [6.07, 6.45) is 0.0301. The van der Waals surface area contributed by atoms with Gasteiger partial charge in [-0.2, -0.15) is 0 Å². The van der Waals surface area contributed by atoms with Crippen molar-refractivity contribution >= 4 is 11.9 Å². The van der Waals surface area contributed by atoms with E-state index in [1.165, 1.54) is 0 Å². The number of hydrogen-bond acceptors (Lipinski definition) is 7. The summed E-state index contributed by atoms with van der Waals surface area (Å²) in [7, 11) is 3.91. The number of rotatable bonds is 9. The maximum absolute atomic E-state index is 11.8. The lowest BCUT2D eigenvalue weighted by atomic mass is 10.1. The van der Waals surface area contributed by atoms with E-state index >= 15 is 0 Å². The van der Waals surface area contributed by atoms with Crippen LogP contribution in [-0.4, -0.2) is 68.2 Å². The average molecular weight is 345 g/mol. The Kier molecular flexibility index (Phi) is 8.12. The fourth-order valence-corrected chi connectivity index (χ4v) is 2.49. The van der Waals surface area contributed by atoms with Gasteiger partial charge >= 0.3 is 11.9 Å². The smallest absolute Gasteiger partial charge is 0.308 e. The molecule has 7 heteroatoms. The van der Waals surface area contributed by atoms with Crippen LogP contribution in [0.5, 0.6) is 0 Å². The van der Waals surface area contributed by atoms with Crippen molar-refractivity contribution in [3.8, 4) is 0 Å². The first-order valence-corrected chi connectivity index (χ1v) is 8.44. The molecule has 0 bridgehead atoms. The molecular formula is C17H31NO6. The molecule has 0 saturated carbocycles. The summed E-state index contributed by atoms with van der Waals surface area (Å²) in [5.74, 6) is -1.43. The summed E-state index contributed by atoms with van der Waals surface area (Å²) in [6.45, 7) is 8.03. The van der Waals surface area contributed by atoms with Crippen LogP contribution < -0.4 is 0 Å². The predicted octanol–water partition coefficient (Wildman–Crippen LogP) is 1.73. The highest BCUT2D eigenvalue weighted by Gasteiger charge is 2.43. The Morgan fingerprint density at radius 2 is 1.75 bits per heavy atom. The lowest BCUT2D eigenvalue weighted by molar-refractivity contribution is -0.162. The third-order valence-corrected chi connectivity index (χ3v) is 3.41. The van der Waals surface area contributed by atoms with Gasteiger partial charge < -0.3 is 23.8 Å². The highest BCUT2D eigenvalue weighted by atomic mass is 16.8. The molecule has 1 rings (SSSR count). The van der Waals surface area contributed by atoms with Crippen molar-refractivity contribution in [3.63, 3.8) is 0 Å². The third-order valence-electron chi connectivity index (χ3n) is 3.41. The standard InChI is InChI=1S/C17H31NO6/c1-12(2)22-16(20)10-13-14(24-17(3,4)23-13)11-21-15(19)8-7-9-18(5)6/h12-14H,7-11H2,1-6H3/t13?,14-/m1/s1. The highest BCUT2D eigenvalue weighted by Crippen LogP contribution is 2.30. The van der Waals surface area contributed by atoms with Gasteiger partial charge in [-0.1, -0.05) is 0 Å². The third kappa shape index (κ3) is 8.08. The zero-order valence-corrected chi connectivity index (χ0v) is 15.7. The van der Waals surface area contributed by atoms with Crippen LogP contribution >= 0.6 is 0 Å². The first-order valence-electron chi connectivity index (χ1n) is 8.44. The van der Waals surface area contributed by atoms with E-state index in [1.807, 2.05) is 19.0 Å². The molecule has 1 saturated heterocycles. The molecule has 1 fully saturated rings. The molecule has 0 spiro atoms. The molecule has 1 aliphatic heterocycles. The van der Waals surface area contributed by atoms with Crippen LogP contribution in [0.3, 0.4) is 0 Å². The Hall–Kier alpha value is -1.18. The second-order valence-electron chi connectivity index (χ2n) is 7.05. The van der Waals surface area contributed by atoms with Crippen molar-refractivity contribution in [2.24, 2.45) is 0 Å². The van der Waals surface area contributed by atoms with Crippen LogP contribution in [0.1, 0.15) is 47.0 Å². The summed E-state index contributed by atoms with van der Waals surface area (Å²) in [5, 5.41) is 0. The largest absolute Gasteiger partial charge is 0.463 e. The maximum atomic E-state index is 11.8. The average Bonchev–Trinajstić information content (AvgIpc) is 2.69. The van der Waals surface area contributed by atoms with Crippen molar-refractivity contribution < 1.29 is 28.5 Å². The van der Waals surface area contributed by atoms with Gasteiger partial charge in [0.2, 0.25) is 0 Å². The van der Waals surface area contributed by atoms with Gasteiger partial charge in [0.25, 0.3) is 0 Å². The summed E-state index contributed by atoms with van der Waals surface area (Å²) < 4.78 is 21.9. The predicted molar refractivity (Wildman–Crippen MR) is 88.4 cm³/mol. The molecule has 1 heterocycles. The van der Waals surface area contributed by atoms with Crippen molar-refractivity contribution in [2.75, 3.05) is 27.2 Å². The first-order chi connectivity index (χ1) is 11.1. The van der Waals surface area contributed by atoms with Crippen LogP contribution in [0.4, 0.5) is 0 Å². The van der Waals surface area contributed by atoms with Crippen molar-refractivity contribution in [1.29, 1.82) is 0 Å². The summed E-state index contributed by atoms with van der Waals surface area (Å²) in [5.41, 5.74) is 0. The molecule has 7 nitrogen and oxygen atoms in total. The van der Waals surface area contributed by atoms with Crippen molar-refractivity contribution in [3.05, 3.63) is 0 Å². The molecule has 0 aromatic carbocycles. The van der Waals surface area contributed by atoms with E-state index in [0.717, 1.165) is 13.0 Å². The Morgan fingerprint density at radius 3 is 2.33 bits per heavy atom. The number of esters is 2. The summed E-state index contributed by atoms with van der Waals surface area (Å²) in [6, 6.07) is 0. The first kappa shape index (κ1) is 20.9. The minimum atomic E-state index is -0.815. The van der Waals surface area contributed by atoms with Crippen LogP contribution in [0.15, 0.2) is 0 Å². The summed E-state index contributed by atoms with van der Waals surface area (Å²) >= 11 is 0. The van der Waals surface area contributed by atoms with Gasteiger partial charge in [-0.25, -0.2) is 0 Å². The van der Waals surface area contributed by atoms with Gasteiger partial charge in [0.05, 0.1) is 12.5 Å². The molecule has 0 aromatic rings. The molecule has 1 aliphatic rings. The second-order valence-corrected chi connectivity index (χ2v) is 7.05. The van der Waals surface area contributed by atoms with E-state index in [-0.39, 0.29) is 31.1 Å². The lowest BCUT2D eigenvalue weighted by Gasteiger charge is -2.17. The molecule has 1 unspecified atom stereocenters. The zero-order chi connectivity index (χ0) is 18.3. The zero-order valence-electron chi connectivity index (χ0n) is 15.7. The Balaban J connectivity index is 2.45. The molecular weight excluding hydrogens is 314 g/mol. The van der Waals surface area contributed by atoms with Gasteiger partial charge in [0.15, 0.2) is 5.79 Å². The fraction of sp³-hybridized carbons (Fsp3) is 0.882. The number of carbonyl (C=O) groups excluding carboxylic acids is 2. The number of nitrogens with zero attached hydrogens (tertiary/aromatic N) is 1. The Labute approximate surface area is 144 Å². The number of hydrogen-bond donors (Lipinski definition) is 0. The number of ether oxygens (including phenoxy) is 4. The molecule has 24 heavy (non-hydrogen) atoms. The van der Waals surface area contributed by atoms with Gasteiger partial charge in [-0.15, -0.1) is 0 Å². The molecule has 0 aliphatic carbocycles. The van der Waals surface area contributed by atoms with E-state index in [4.69, 9.17) is 18.9 Å². The van der Waals surface area contributed by atoms with Crippen molar-refractivity contribution in [1.82, 2.24) is 4.90 Å². The normalized spacial score (nSPS) is 22.8. The topological polar surface area (TPSA) is 74.3 Å². The van der Waals surface area contributed by atoms with Crippen molar-refractivity contribution in [2.45, 2.75) is 71.1 Å². The molecule has 2 atom stereocenters. The van der Waals surface area contributed by atoms with Crippen LogP contribution in [-0.2, 0) is 28.5 Å². The van der Waals surface area contributed by atoms with Gasteiger partial charge in [0.1, 0.15) is 18.8 Å². The van der Waals surface area contributed by atoms with Gasteiger partial charge in [0, 0.05) is 6.42 Å². The molecule has 0 aromatic heterocycles. The van der Waals surface area contributed by atoms with Crippen LogP contribution in [0, 0.1) is 0 Å². The second kappa shape index (κ2) is 9.34. The Bertz CT molecular complexity index is 421. The summed E-state index contributed by atoms with van der Waals surface area (Å²) in [4.78, 5) is 25.6. The highest BCUT2D eigenvalue weighted by molar-refractivity contribution is 5.70. The van der Waals surface area contributed by atoms with E-state index in [1.54, 1.807) is 27.7 Å². The molecule has 0 amide bonds. The van der Waals surface area contributed by atoms with E-state index < -0.39 is 18.0 Å². The van der Waals surface area contributed by atoms with Crippen LogP contribution in [0.2, 0.25) is 0 Å². The minimum absolute atomic E-state index is 0.0733. The lowest BCUT2D eigenvalue weighted by Crippen LogP contribution is -2.32. The maximum Gasteiger partial charge on any atom is 0.308 e. The van der Waals surface area contributed by atoms with E-state index in [9.17, 15) is 9.59 Å². The Morgan fingerprint density at radius 1 is 1.12 bits per heavy atom. The molecule has 140 valence electrons. The quantitative estimate of drug-likeness (QED) is 0.589. The molecule has 0 radical (unpaired) electrons. The SMILES string of the molecule is CC(C)OC(=O)CC1OC(C)(C)O[C@@H]1COC(=O)CCCN(C)C. The molecule has 0 N–H and O–H groups in total. The fourth-order valence-electron chi connectivity index (χ4n) is 2.49. The van der Waals surface area contributed by atoms with E-state index in [0.29, 0.717) is 6.42 Å². The van der Waals surface area contributed by atoms with E-state index in [2.05, 4.69) is 0 Å². The van der Waals surface area contributed by atoms with Crippen LogP contribution in [0.25, 0.3) is 0 Å². The monoisotopic (exact) mass is 345 g/mol. The van der Waals surface area contributed by atoms with Gasteiger partial charge in [-0.3, -0.25) is 9.59 Å².